The lowest BCUT2D eigenvalue weighted by molar-refractivity contribution is -0.118. The molecule has 0 saturated carbocycles. The average molecular weight is 296 g/mol. The Hall–Kier alpha value is -1.51. The third kappa shape index (κ3) is 3.58. The van der Waals surface area contributed by atoms with Crippen LogP contribution in [-0.4, -0.2) is 69.9 Å². The Morgan fingerprint density at radius 3 is 2.29 bits per heavy atom. The SMILES string of the molecule is O=C(NC[C@H]1N[C@@H](CO)[C@H](O)[C@H](O)[C@H]1O)c1ccccc1. The topological polar surface area (TPSA) is 122 Å². The highest BCUT2D eigenvalue weighted by Gasteiger charge is 2.41. The van der Waals surface area contributed by atoms with Gasteiger partial charge in [0.05, 0.1) is 30.9 Å². The van der Waals surface area contributed by atoms with Crippen LogP contribution in [0.25, 0.3) is 0 Å². The quantitative estimate of drug-likeness (QED) is 0.376. The van der Waals surface area contributed by atoms with Gasteiger partial charge in [-0.1, -0.05) is 18.2 Å². The Bertz CT molecular complexity index is 468. The maximum absolute atomic E-state index is 11.9. The number of carbonyl (C=O) groups is 1. The summed E-state index contributed by atoms with van der Waals surface area (Å²) in [7, 11) is 0. The zero-order valence-corrected chi connectivity index (χ0v) is 11.4. The molecule has 0 aromatic heterocycles. The largest absolute Gasteiger partial charge is 0.395 e. The van der Waals surface area contributed by atoms with Gasteiger partial charge in [-0.3, -0.25) is 4.79 Å². The maximum atomic E-state index is 11.9. The molecule has 0 bridgehead atoms. The fraction of sp³-hybridized carbons (Fsp3) is 0.500. The minimum absolute atomic E-state index is 0.0647. The van der Waals surface area contributed by atoms with Crippen molar-refractivity contribution in [2.75, 3.05) is 13.2 Å². The zero-order chi connectivity index (χ0) is 15.4. The van der Waals surface area contributed by atoms with Crippen molar-refractivity contribution in [1.82, 2.24) is 10.6 Å². The molecule has 0 aliphatic carbocycles. The molecule has 0 radical (unpaired) electrons. The highest BCUT2D eigenvalue weighted by molar-refractivity contribution is 5.94. The fourth-order valence-corrected chi connectivity index (χ4v) is 2.38. The first-order chi connectivity index (χ1) is 10.0. The Morgan fingerprint density at radius 1 is 1.05 bits per heavy atom. The summed E-state index contributed by atoms with van der Waals surface area (Å²) in [6.07, 6.45) is -3.87. The molecule has 7 heteroatoms. The Morgan fingerprint density at radius 2 is 1.67 bits per heavy atom. The summed E-state index contributed by atoms with van der Waals surface area (Å²) in [5.41, 5.74) is 0.488. The zero-order valence-electron chi connectivity index (χ0n) is 11.4. The molecule has 1 aliphatic rings. The van der Waals surface area contributed by atoms with E-state index in [-0.39, 0.29) is 19.1 Å². The summed E-state index contributed by atoms with van der Waals surface area (Å²) >= 11 is 0. The molecule has 0 spiro atoms. The van der Waals surface area contributed by atoms with Crippen LogP contribution >= 0.6 is 0 Å². The van der Waals surface area contributed by atoms with E-state index in [9.17, 15) is 20.1 Å². The van der Waals surface area contributed by atoms with E-state index in [1.54, 1.807) is 30.3 Å². The van der Waals surface area contributed by atoms with Crippen molar-refractivity contribution in [1.29, 1.82) is 0 Å². The predicted molar refractivity (Wildman–Crippen MR) is 74.6 cm³/mol. The average Bonchev–Trinajstić information content (AvgIpc) is 2.52. The van der Waals surface area contributed by atoms with Crippen molar-refractivity contribution in [2.45, 2.75) is 30.4 Å². The minimum atomic E-state index is -1.37. The van der Waals surface area contributed by atoms with Gasteiger partial charge in [-0.15, -0.1) is 0 Å². The molecule has 0 unspecified atom stereocenters. The van der Waals surface area contributed by atoms with Crippen LogP contribution in [0, 0.1) is 0 Å². The molecule has 1 aliphatic heterocycles. The number of amides is 1. The van der Waals surface area contributed by atoms with E-state index in [0.717, 1.165) is 0 Å². The van der Waals surface area contributed by atoms with Gasteiger partial charge in [-0.05, 0) is 12.1 Å². The number of aliphatic hydroxyl groups is 4. The van der Waals surface area contributed by atoms with Crippen LogP contribution in [0.3, 0.4) is 0 Å². The van der Waals surface area contributed by atoms with Crippen LogP contribution in [0.4, 0.5) is 0 Å². The molecule has 1 amide bonds. The molecule has 1 aromatic rings. The highest BCUT2D eigenvalue weighted by Crippen LogP contribution is 2.15. The van der Waals surface area contributed by atoms with Crippen LogP contribution in [0.2, 0.25) is 0 Å². The summed E-state index contributed by atoms with van der Waals surface area (Å²) in [4.78, 5) is 11.9. The number of nitrogens with one attached hydrogen (secondary N) is 2. The normalized spacial score (nSPS) is 32.7. The number of piperidine rings is 1. The van der Waals surface area contributed by atoms with Crippen LogP contribution < -0.4 is 10.6 Å². The van der Waals surface area contributed by atoms with Crippen LogP contribution in [-0.2, 0) is 0 Å². The molecule has 21 heavy (non-hydrogen) atoms. The monoisotopic (exact) mass is 296 g/mol. The second kappa shape index (κ2) is 6.97. The molecule has 1 heterocycles. The van der Waals surface area contributed by atoms with Crippen LogP contribution in [0.1, 0.15) is 10.4 Å². The van der Waals surface area contributed by atoms with Gasteiger partial charge < -0.3 is 31.1 Å². The van der Waals surface area contributed by atoms with E-state index in [2.05, 4.69) is 10.6 Å². The molecular formula is C14H20N2O5. The van der Waals surface area contributed by atoms with E-state index in [1.165, 1.54) is 0 Å². The van der Waals surface area contributed by atoms with Crippen LogP contribution in [0.5, 0.6) is 0 Å². The van der Waals surface area contributed by atoms with Gasteiger partial charge in [-0.2, -0.15) is 0 Å². The Labute approximate surface area is 122 Å². The molecular weight excluding hydrogens is 276 g/mol. The van der Waals surface area contributed by atoms with E-state index >= 15 is 0 Å². The van der Waals surface area contributed by atoms with Gasteiger partial charge >= 0.3 is 0 Å². The van der Waals surface area contributed by atoms with E-state index in [0.29, 0.717) is 5.56 Å². The fourth-order valence-electron chi connectivity index (χ4n) is 2.38. The second-order valence-electron chi connectivity index (χ2n) is 5.11. The van der Waals surface area contributed by atoms with Gasteiger partial charge in [-0.25, -0.2) is 0 Å². The lowest BCUT2D eigenvalue weighted by Crippen LogP contribution is -2.68. The number of carbonyl (C=O) groups excluding carboxylic acids is 1. The Kier molecular flexibility index (Phi) is 5.27. The third-order valence-electron chi connectivity index (χ3n) is 3.67. The molecule has 1 aromatic carbocycles. The number of aliphatic hydroxyl groups excluding tert-OH is 4. The summed E-state index contributed by atoms with van der Waals surface area (Å²) in [6, 6.07) is 7.20. The van der Waals surface area contributed by atoms with Gasteiger partial charge in [0.25, 0.3) is 5.91 Å². The van der Waals surface area contributed by atoms with Crippen LogP contribution in [0.15, 0.2) is 30.3 Å². The lowest BCUT2D eigenvalue weighted by atomic mass is 9.90. The summed E-state index contributed by atoms with van der Waals surface area (Å²) in [6.45, 7) is -0.316. The van der Waals surface area contributed by atoms with Gasteiger partial charge in [0.1, 0.15) is 6.10 Å². The van der Waals surface area contributed by atoms with E-state index < -0.39 is 30.4 Å². The standard InChI is InChI=1S/C14H20N2O5/c17-7-10-12(19)13(20)11(18)9(16-10)6-15-14(21)8-4-2-1-3-5-8/h1-5,9-13,16-20H,6-7H2,(H,15,21)/t9-,10+,11+,12+,13-/m1/s1. The molecule has 1 fully saturated rings. The summed E-state index contributed by atoms with van der Waals surface area (Å²) in [5, 5.41) is 43.9. The third-order valence-corrected chi connectivity index (χ3v) is 3.67. The van der Waals surface area contributed by atoms with E-state index in [1.807, 2.05) is 0 Å². The molecule has 1 saturated heterocycles. The first kappa shape index (κ1) is 15.9. The first-order valence-electron chi connectivity index (χ1n) is 6.79. The Balaban J connectivity index is 1.94. The summed E-state index contributed by atoms with van der Waals surface area (Å²) < 4.78 is 0. The van der Waals surface area contributed by atoms with Crippen molar-refractivity contribution < 1.29 is 25.2 Å². The van der Waals surface area contributed by atoms with Crippen molar-refractivity contribution >= 4 is 5.91 Å². The highest BCUT2D eigenvalue weighted by atomic mass is 16.4. The number of benzene rings is 1. The predicted octanol–water partition coefficient (Wildman–Crippen LogP) is -2.17. The van der Waals surface area contributed by atoms with E-state index in [4.69, 9.17) is 5.11 Å². The second-order valence-corrected chi connectivity index (χ2v) is 5.11. The first-order valence-corrected chi connectivity index (χ1v) is 6.79. The number of hydrogen-bond donors (Lipinski definition) is 6. The number of hydrogen-bond acceptors (Lipinski definition) is 6. The smallest absolute Gasteiger partial charge is 0.251 e. The molecule has 6 N–H and O–H groups in total. The molecule has 5 atom stereocenters. The lowest BCUT2D eigenvalue weighted by Gasteiger charge is -2.41. The summed E-state index contributed by atoms with van der Waals surface area (Å²) in [5.74, 6) is -0.300. The minimum Gasteiger partial charge on any atom is -0.395 e. The van der Waals surface area contributed by atoms with Crippen molar-refractivity contribution in [3.63, 3.8) is 0 Å². The van der Waals surface area contributed by atoms with Crippen molar-refractivity contribution in [3.8, 4) is 0 Å². The van der Waals surface area contributed by atoms with Gasteiger partial charge in [0, 0.05) is 12.1 Å². The molecule has 7 nitrogen and oxygen atoms in total. The molecule has 2 rings (SSSR count). The van der Waals surface area contributed by atoms with Gasteiger partial charge in [0.15, 0.2) is 0 Å². The van der Waals surface area contributed by atoms with Gasteiger partial charge in [0.2, 0.25) is 0 Å². The van der Waals surface area contributed by atoms with Crippen molar-refractivity contribution in [3.05, 3.63) is 35.9 Å². The van der Waals surface area contributed by atoms with Crippen molar-refractivity contribution in [2.24, 2.45) is 0 Å². The molecule has 116 valence electrons. The number of rotatable bonds is 4. The maximum Gasteiger partial charge on any atom is 0.251 e.